The number of hydrogen-bond donors (Lipinski definition) is 1. The van der Waals surface area contributed by atoms with Crippen molar-refractivity contribution in [2.24, 2.45) is 0 Å². The topological polar surface area (TPSA) is 72.6 Å². The number of phenols is 1. The van der Waals surface area contributed by atoms with Gasteiger partial charge in [-0.15, -0.1) is 0 Å². The summed E-state index contributed by atoms with van der Waals surface area (Å²) in [6, 6.07) is 11.7. The Morgan fingerprint density at radius 1 is 1.24 bits per heavy atom. The molecule has 1 N–H and O–H groups in total. The SMILES string of the molecule is O=[N+]([O-])C1=Cc2cc(Br)ccc2OC1c1ccccc1O. The summed E-state index contributed by atoms with van der Waals surface area (Å²) in [4.78, 5) is 10.8. The Balaban J connectivity index is 2.14. The van der Waals surface area contributed by atoms with E-state index >= 15 is 0 Å². The van der Waals surface area contributed by atoms with Crippen LogP contribution in [0.3, 0.4) is 0 Å². The van der Waals surface area contributed by atoms with Crippen LogP contribution < -0.4 is 4.74 Å². The van der Waals surface area contributed by atoms with Gasteiger partial charge in [-0.3, -0.25) is 10.1 Å². The molecule has 1 aliphatic heterocycles. The summed E-state index contributed by atoms with van der Waals surface area (Å²) < 4.78 is 6.55. The van der Waals surface area contributed by atoms with Gasteiger partial charge in [-0.25, -0.2) is 0 Å². The Morgan fingerprint density at radius 3 is 2.71 bits per heavy atom. The minimum atomic E-state index is -0.935. The van der Waals surface area contributed by atoms with E-state index in [9.17, 15) is 15.2 Å². The number of hydrogen-bond acceptors (Lipinski definition) is 4. The maximum Gasteiger partial charge on any atom is 0.291 e. The van der Waals surface area contributed by atoms with Gasteiger partial charge in [-0.2, -0.15) is 0 Å². The van der Waals surface area contributed by atoms with Gasteiger partial charge in [-0.1, -0.05) is 34.1 Å². The van der Waals surface area contributed by atoms with Gasteiger partial charge in [0.2, 0.25) is 6.10 Å². The summed E-state index contributed by atoms with van der Waals surface area (Å²) in [7, 11) is 0. The molecule has 1 unspecified atom stereocenters. The summed E-state index contributed by atoms with van der Waals surface area (Å²) in [5, 5.41) is 21.2. The van der Waals surface area contributed by atoms with E-state index in [1.807, 2.05) is 0 Å². The summed E-state index contributed by atoms with van der Waals surface area (Å²) in [6.45, 7) is 0. The average molecular weight is 348 g/mol. The van der Waals surface area contributed by atoms with E-state index < -0.39 is 11.0 Å². The monoisotopic (exact) mass is 347 g/mol. The molecule has 0 bridgehead atoms. The largest absolute Gasteiger partial charge is 0.508 e. The molecule has 0 fully saturated rings. The van der Waals surface area contributed by atoms with E-state index in [0.717, 1.165) is 4.47 Å². The van der Waals surface area contributed by atoms with Gasteiger partial charge in [0.05, 0.1) is 4.92 Å². The lowest BCUT2D eigenvalue weighted by Gasteiger charge is -2.23. The van der Waals surface area contributed by atoms with Crippen LogP contribution in [-0.4, -0.2) is 10.0 Å². The number of ether oxygens (including phenoxy) is 1. The molecular formula is C15H10BrNO4. The molecule has 6 heteroatoms. The van der Waals surface area contributed by atoms with Gasteiger partial charge in [-0.05, 0) is 24.3 Å². The number of para-hydroxylation sites is 1. The van der Waals surface area contributed by atoms with Gasteiger partial charge in [0.15, 0.2) is 0 Å². The first-order chi connectivity index (χ1) is 10.1. The van der Waals surface area contributed by atoms with Crippen LogP contribution in [0.5, 0.6) is 11.5 Å². The third kappa shape index (κ3) is 2.50. The van der Waals surface area contributed by atoms with Gasteiger partial charge in [0.25, 0.3) is 5.70 Å². The van der Waals surface area contributed by atoms with Crippen LogP contribution in [0.15, 0.2) is 52.6 Å². The minimum Gasteiger partial charge on any atom is -0.508 e. The third-order valence-corrected chi connectivity index (χ3v) is 3.71. The quantitative estimate of drug-likeness (QED) is 0.660. The fourth-order valence-corrected chi connectivity index (χ4v) is 2.62. The second-order valence-corrected chi connectivity index (χ2v) is 5.48. The van der Waals surface area contributed by atoms with Crippen molar-refractivity contribution < 1.29 is 14.8 Å². The molecule has 0 radical (unpaired) electrons. The molecule has 0 aliphatic carbocycles. The lowest BCUT2D eigenvalue weighted by atomic mass is 10.0. The molecular weight excluding hydrogens is 338 g/mol. The second kappa shape index (κ2) is 5.21. The fourth-order valence-electron chi connectivity index (χ4n) is 2.24. The maximum atomic E-state index is 11.3. The van der Waals surface area contributed by atoms with Crippen molar-refractivity contribution in [1.82, 2.24) is 0 Å². The zero-order valence-electron chi connectivity index (χ0n) is 10.7. The Hall–Kier alpha value is -2.34. The molecule has 106 valence electrons. The molecule has 0 aromatic heterocycles. The number of nitro groups is 1. The fraction of sp³-hybridized carbons (Fsp3) is 0.0667. The highest BCUT2D eigenvalue weighted by atomic mass is 79.9. The molecule has 1 heterocycles. The van der Waals surface area contributed by atoms with Crippen molar-refractivity contribution in [3.63, 3.8) is 0 Å². The van der Waals surface area contributed by atoms with Crippen molar-refractivity contribution >= 4 is 22.0 Å². The third-order valence-electron chi connectivity index (χ3n) is 3.22. The van der Waals surface area contributed by atoms with Crippen LogP contribution >= 0.6 is 15.9 Å². The molecule has 2 aromatic rings. The zero-order valence-corrected chi connectivity index (χ0v) is 12.3. The molecule has 0 spiro atoms. The van der Waals surface area contributed by atoms with Crippen molar-refractivity contribution in [2.75, 3.05) is 0 Å². The number of fused-ring (bicyclic) bond motifs is 1. The van der Waals surface area contributed by atoms with E-state index in [1.165, 1.54) is 12.1 Å². The summed E-state index contributed by atoms with van der Waals surface area (Å²) in [6.07, 6.45) is 0.538. The Kier molecular flexibility index (Phi) is 3.39. The number of benzene rings is 2. The highest BCUT2D eigenvalue weighted by molar-refractivity contribution is 9.10. The van der Waals surface area contributed by atoms with Crippen molar-refractivity contribution in [1.29, 1.82) is 0 Å². The van der Waals surface area contributed by atoms with E-state index in [4.69, 9.17) is 4.74 Å². The Morgan fingerprint density at radius 2 is 2.00 bits per heavy atom. The van der Waals surface area contributed by atoms with Crippen LogP contribution in [0.1, 0.15) is 17.2 Å². The van der Waals surface area contributed by atoms with Crippen LogP contribution in [-0.2, 0) is 0 Å². The maximum absolute atomic E-state index is 11.3. The minimum absolute atomic E-state index is 0.0317. The molecule has 5 nitrogen and oxygen atoms in total. The van der Waals surface area contributed by atoms with Gasteiger partial charge >= 0.3 is 0 Å². The number of phenolic OH excluding ortho intramolecular Hbond substituents is 1. The van der Waals surface area contributed by atoms with E-state index in [2.05, 4.69) is 15.9 Å². The normalized spacial score (nSPS) is 16.6. The van der Waals surface area contributed by atoms with Crippen molar-refractivity contribution in [3.8, 4) is 11.5 Å². The number of aromatic hydroxyl groups is 1. The summed E-state index contributed by atoms with van der Waals surface area (Å²) >= 11 is 3.32. The standard InChI is InChI=1S/C15H10BrNO4/c16-10-5-6-14-9(7-10)8-12(17(19)20)15(21-14)11-3-1-2-4-13(11)18/h1-8,15,18H. The molecule has 2 aromatic carbocycles. The lowest BCUT2D eigenvalue weighted by molar-refractivity contribution is -0.434. The Labute approximate surface area is 128 Å². The highest BCUT2D eigenvalue weighted by Crippen LogP contribution is 2.40. The number of rotatable bonds is 2. The molecule has 1 atom stereocenters. The van der Waals surface area contributed by atoms with Crippen molar-refractivity contribution in [2.45, 2.75) is 6.10 Å². The van der Waals surface area contributed by atoms with Crippen LogP contribution in [0.2, 0.25) is 0 Å². The molecule has 0 saturated carbocycles. The molecule has 0 amide bonds. The van der Waals surface area contributed by atoms with Crippen molar-refractivity contribution in [3.05, 3.63) is 73.9 Å². The predicted octanol–water partition coefficient (Wildman–Crippen LogP) is 3.91. The number of halogens is 1. The van der Waals surface area contributed by atoms with Gasteiger partial charge in [0, 0.05) is 21.7 Å². The first kappa shape index (κ1) is 13.6. The lowest BCUT2D eigenvalue weighted by Crippen LogP contribution is -2.19. The zero-order chi connectivity index (χ0) is 15.0. The molecule has 3 rings (SSSR count). The molecule has 1 aliphatic rings. The molecule has 0 saturated heterocycles. The van der Waals surface area contributed by atoms with Crippen LogP contribution in [0.25, 0.3) is 6.08 Å². The highest BCUT2D eigenvalue weighted by Gasteiger charge is 2.34. The van der Waals surface area contributed by atoms with E-state index in [0.29, 0.717) is 16.9 Å². The first-order valence-electron chi connectivity index (χ1n) is 6.16. The molecule has 21 heavy (non-hydrogen) atoms. The van der Waals surface area contributed by atoms with Crippen LogP contribution in [0, 0.1) is 10.1 Å². The van der Waals surface area contributed by atoms with Gasteiger partial charge in [0.1, 0.15) is 11.5 Å². The number of nitrogens with zero attached hydrogens (tertiary/aromatic N) is 1. The van der Waals surface area contributed by atoms with Gasteiger partial charge < -0.3 is 9.84 Å². The van der Waals surface area contributed by atoms with Crippen LogP contribution in [0.4, 0.5) is 0 Å². The first-order valence-corrected chi connectivity index (χ1v) is 6.95. The van der Waals surface area contributed by atoms with E-state index in [1.54, 1.807) is 36.4 Å². The predicted molar refractivity (Wildman–Crippen MR) is 80.6 cm³/mol. The van der Waals surface area contributed by atoms with E-state index in [-0.39, 0.29) is 11.4 Å². The second-order valence-electron chi connectivity index (χ2n) is 4.57. The Bertz CT molecular complexity index is 757. The summed E-state index contributed by atoms with van der Waals surface area (Å²) in [5.74, 6) is 0.507. The summed E-state index contributed by atoms with van der Waals surface area (Å²) in [5.41, 5.74) is 0.888. The smallest absolute Gasteiger partial charge is 0.291 e. The average Bonchev–Trinajstić information content (AvgIpc) is 2.46.